The zero-order valence-electron chi connectivity index (χ0n) is 9.89. The summed E-state index contributed by atoms with van der Waals surface area (Å²) in [6.45, 7) is 0.646. The van der Waals surface area contributed by atoms with E-state index in [0.717, 1.165) is 15.8 Å². The number of nitrogens with two attached hydrogens (primary N) is 1. The van der Waals surface area contributed by atoms with Crippen LogP contribution in [0.5, 0.6) is 5.75 Å². The fraction of sp³-hybridized carbons (Fsp3) is 0.154. The summed E-state index contributed by atoms with van der Waals surface area (Å²) in [7, 11) is 1.63. The second-order valence-corrected chi connectivity index (χ2v) is 4.76. The number of rotatable bonds is 3. The molecule has 4 nitrogen and oxygen atoms in total. The summed E-state index contributed by atoms with van der Waals surface area (Å²) in [6.07, 6.45) is 3.36. The Bertz CT molecular complexity index is 623. The molecule has 2 aromatic rings. The van der Waals surface area contributed by atoms with Gasteiger partial charge in [0.2, 0.25) is 5.43 Å². The molecule has 0 fully saturated rings. The van der Waals surface area contributed by atoms with Gasteiger partial charge in [0.1, 0.15) is 5.75 Å². The summed E-state index contributed by atoms with van der Waals surface area (Å²) in [5, 5.41) is 0. The number of hydrogen-bond donors (Lipinski definition) is 1. The molecule has 18 heavy (non-hydrogen) atoms. The van der Waals surface area contributed by atoms with E-state index in [1.807, 2.05) is 22.8 Å². The van der Waals surface area contributed by atoms with Crippen LogP contribution in [-0.4, -0.2) is 11.7 Å². The summed E-state index contributed by atoms with van der Waals surface area (Å²) >= 11 is 3.44. The number of aromatic nitrogens is 1. The van der Waals surface area contributed by atoms with E-state index >= 15 is 0 Å². The number of nitrogen functional groups attached to an aromatic ring is 1. The number of nitrogens with zero attached hydrogens (tertiary/aromatic N) is 1. The van der Waals surface area contributed by atoms with Crippen LogP contribution in [-0.2, 0) is 6.54 Å². The highest BCUT2D eigenvalue weighted by molar-refractivity contribution is 9.10. The summed E-state index contributed by atoms with van der Waals surface area (Å²) in [6, 6.07) is 7.31. The van der Waals surface area contributed by atoms with Crippen molar-refractivity contribution in [3.63, 3.8) is 0 Å². The molecular formula is C13H13BrN2O2. The number of anilines is 1. The van der Waals surface area contributed by atoms with Crippen LogP contribution in [0, 0.1) is 0 Å². The molecule has 2 N–H and O–H groups in total. The Balaban J connectivity index is 2.25. The van der Waals surface area contributed by atoms with Crippen molar-refractivity contribution < 1.29 is 4.74 Å². The number of halogens is 1. The standard InChI is InChI=1S/C13H13BrN2O2/c1-18-13-3-2-9(6-10(13)14)7-16-5-4-12(17)11(15)8-16/h2-6,8H,7,15H2,1H3. The molecule has 0 atom stereocenters. The molecule has 0 spiro atoms. The monoisotopic (exact) mass is 308 g/mol. The first-order chi connectivity index (χ1) is 8.60. The van der Waals surface area contributed by atoms with E-state index in [9.17, 15) is 4.79 Å². The zero-order chi connectivity index (χ0) is 13.1. The van der Waals surface area contributed by atoms with Crippen molar-refractivity contribution >= 4 is 21.6 Å². The van der Waals surface area contributed by atoms with Gasteiger partial charge in [-0.25, -0.2) is 0 Å². The lowest BCUT2D eigenvalue weighted by Gasteiger charge is -2.09. The molecule has 0 saturated carbocycles. The van der Waals surface area contributed by atoms with Crippen molar-refractivity contribution in [2.45, 2.75) is 6.54 Å². The van der Waals surface area contributed by atoms with Crippen molar-refractivity contribution in [1.29, 1.82) is 0 Å². The SMILES string of the molecule is COc1ccc(Cn2ccc(=O)c(N)c2)cc1Br. The molecule has 0 bridgehead atoms. The van der Waals surface area contributed by atoms with Crippen molar-refractivity contribution in [2.24, 2.45) is 0 Å². The Kier molecular flexibility index (Phi) is 3.72. The highest BCUT2D eigenvalue weighted by atomic mass is 79.9. The molecule has 0 amide bonds. The minimum absolute atomic E-state index is 0.151. The van der Waals surface area contributed by atoms with Crippen LogP contribution in [0.4, 0.5) is 5.69 Å². The molecule has 1 aromatic carbocycles. The maximum absolute atomic E-state index is 11.2. The van der Waals surface area contributed by atoms with Crippen molar-refractivity contribution in [2.75, 3.05) is 12.8 Å². The van der Waals surface area contributed by atoms with Crippen LogP contribution >= 0.6 is 15.9 Å². The van der Waals surface area contributed by atoms with Crippen LogP contribution < -0.4 is 15.9 Å². The first-order valence-electron chi connectivity index (χ1n) is 5.38. The molecule has 0 aliphatic rings. The highest BCUT2D eigenvalue weighted by Gasteiger charge is 2.02. The molecule has 94 valence electrons. The molecule has 0 unspecified atom stereocenters. The third kappa shape index (κ3) is 2.73. The van der Waals surface area contributed by atoms with Gasteiger partial charge in [-0.1, -0.05) is 6.07 Å². The van der Waals surface area contributed by atoms with E-state index in [0.29, 0.717) is 6.54 Å². The smallest absolute Gasteiger partial charge is 0.204 e. The second kappa shape index (κ2) is 5.27. The Morgan fingerprint density at radius 1 is 1.39 bits per heavy atom. The summed E-state index contributed by atoms with van der Waals surface area (Å²) in [4.78, 5) is 11.2. The number of ether oxygens (including phenoxy) is 1. The Labute approximate surface area is 113 Å². The lowest BCUT2D eigenvalue weighted by atomic mass is 10.2. The average molecular weight is 309 g/mol. The number of pyridine rings is 1. The van der Waals surface area contributed by atoms with Crippen LogP contribution in [0.1, 0.15) is 5.56 Å². The van der Waals surface area contributed by atoms with Crippen LogP contribution in [0.2, 0.25) is 0 Å². The second-order valence-electron chi connectivity index (χ2n) is 3.91. The molecular weight excluding hydrogens is 296 g/mol. The quantitative estimate of drug-likeness (QED) is 0.946. The Hall–Kier alpha value is -1.75. The molecule has 0 radical (unpaired) electrons. The molecule has 2 rings (SSSR count). The van der Waals surface area contributed by atoms with Gasteiger partial charge in [0.05, 0.1) is 17.3 Å². The van der Waals surface area contributed by atoms with E-state index in [-0.39, 0.29) is 11.1 Å². The molecule has 0 aliphatic heterocycles. The van der Waals surface area contributed by atoms with Crippen molar-refractivity contribution in [1.82, 2.24) is 4.57 Å². The van der Waals surface area contributed by atoms with E-state index in [2.05, 4.69) is 15.9 Å². The largest absolute Gasteiger partial charge is 0.496 e. The van der Waals surface area contributed by atoms with Gasteiger partial charge in [0, 0.05) is 25.0 Å². The minimum Gasteiger partial charge on any atom is -0.496 e. The third-order valence-electron chi connectivity index (χ3n) is 2.59. The molecule has 1 aromatic heterocycles. The maximum atomic E-state index is 11.2. The lowest BCUT2D eigenvalue weighted by Crippen LogP contribution is -2.11. The van der Waals surface area contributed by atoms with E-state index in [4.69, 9.17) is 10.5 Å². The van der Waals surface area contributed by atoms with Gasteiger partial charge in [0.25, 0.3) is 0 Å². The highest BCUT2D eigenvalue weighted by Crippen LogP contribution is 2.25. The third-order valence-corrected chi connectivity index (χ3v) is 3.21. The minimum atomic E-state index is -0.151. The number of benzene rings is 1. The van der Waals surface area contributed by atoms with E-state index in [1.54, 1.807) is 19.5 Å². The van der Waals surface area contributed by atoms with Gasteiger partial charge < -0.3 is 15.0 Å². The van der Waals surface area contributed by atoms with Gasteiger partial charge in [-0.3, -0.25) is 4.79 Å². The summed E-state index contributed by atoms with van der Waals surface area (Å²) in [5.41, 5.74) is 6.78. The van der Waals surface area contributed by atoms with E-state index in [1.165, 1.54) is 6.07 Å². The van der Waals surface area contributed by atoms with E-state index < -0.39 is 0 Å². The van der Waals surface area contributed by atoms with Crippen LogP contribution in [0.15, 0.2) is 45.9 Å². The van der Waals surface area contributed by atoms with Gasteiger partial charge in [-0.2, -0.15) is 0 Å². The Morgan fingerprint density at radius 2 is 2.17 bits per heavy atom. The van der Waals surface area contributed by atoms with Crippen LogP contribution in [0.25, 0.3) is 0 Å². The number of hydrogen-bond acceptors (Lipinski definition) is 3. The average Bonchev–Trinajstić information content (AvgIpc) is 2.34. The van der Waals surface area contributed by atoms with Crippen molar-refractivity contribution in [3.05, 3.63) is 56.9 Å². The van der Waals surface area contributed by atoms with Gasteiger partial charge in [-0.15, -0.1) is 0 Å². The fourth-order valence-electron chi connectivity index (χ4n) is 1.66. The van der Waals surface area contributed by atoms with Crippen molar-refractivity contribution in [3.8, 4) is 5.75 Å². The molecule has 0 aliphatic carbocycles. The lowest BCUT2D eigenvalue weighted by molar-refractivity contribution is 0.412. The number of methoxy groups -OCH3 is 1. The first kappa shape index (κ1) is 12.7. The predicted molar refractivity (Wildman–Crippen MR) is 74.9 cm³/mol. The molecule has 5 heteroatoms. The topological polar surface area (TPSA) is 57.2 Å². The maximum Gasteiger partial charge on any atom is 0.204 e. The fourth-order valence-corrected chi connectivity index (χ4v) is 2.25. The molecule has 0 saturated heterocycles. The molecule has 1 heterocycles. The van der Waals surface area contributed by atoms with Gasteiger partial charge in [-0.05, 0) is 33.6 Å². The first-order valence-corrected chi connectivity index (χ1v) is 6.17. The summed E-state index contributed by atoms with van der Waals surface area (Å²) < 4.78 is 7.94. The van der Waals surface area contributed by atoms with Crippen LogP contribution in [0.3, 0.4) is 0 Å². The predicted octanol–water partition coefficient (Wildman–Crippen LogP) is 2.25. The zero-order valence-corrected chi connectivity index (χ0v) is 11.5. The van der Waals surface area contributed by atoms with Gasteiger partial charge >= 0.3 is 0 Å². The summed E-state index contributed by atoms with van der Waals surface area (Å²) in [5.74, 6) is 0.790. The Morgan fingerprint density at radius 3 is 2.78 bits per heavy atom. The normalized spacial score (nSPS) is 10.3. The van der Waals surface area contributed by atoms with Gasteiger partial charge in [0.15, 0.2) is 0 Å².